The summed E-state index contributed by atoms with van der Waals surface area (Å²) in [5, 5.41) is 58.6. The van der Waals surface area contributed by atoms with Crippen molar-refractivity contribution in [1.82, 2.24) is 0 Å². The van der Waals surface area contributed by atoms with E-state index in [1.54, 1.807) is 111 Å². The molecule has 0 spiro atoms. The largest absolute Gasteiger partial charge is 2.00 e. The molecule has 77 heavy (non-hydrogen) atoms. The van der Waals surface area contributed by atoms with Crippen molar-refractivity contribution in [2.24, 2.45) is 25.4 Å². The molecule has 0 heterocycles. The Hall–Kier alpha value is -6.72. The minimum absolute atomic E-state index is 0. The van der Waals surface area contributed by atoms with Crippen molar-refractivity contribution in [2.75, 3.05) is 18.5 Å². The van der Waals surface area contributed by atoms with Crippen LogP contribution in [0.15, 0.2) is 169 Å². The molecule has 4 N–H and O–H groups in total. The van der Waals surface area contributed by atoms with Gasteiger partial charge in [-0.2, -0.15) is 21.9 Å². The average molecular weight is 1150 g/mol. The van der Waals surface area contributed by atoms with E-state index < -0.39 is 53.3 Å². The number of rotatable bonds is 16. The van der Waals surface area contributed by atoms with Gasteiger partial charge in [0.15, 0.2) is 5.75 Å². The summed E-state index contributed by atoms with van der Waals surface area (Å²) in [5.74, 6) is -1.82. The molecule has 1 amide bonds. The number of hydrogen-bond acceptors (Lipinski definition) is 15. The summed E-state index contributed by atoms with van der Waals surface area (Å²) in [6, 6.07) is 35.4. The van der Waals surface area contributed by atoms with Crippen LogP contribution in [0.5, 0.6) is 23.0 Å². The zero-order valence-electron chi connectivity index (χ0n) is 41.6. The van der Waals surface area contributed by atoms with E-state index in [1.807, 2.05) is 13.8 Å². The van der Waals surface area contributed by atoms with E-state index in [9.17, 15) is 46.1 Å². The number of aryl methyl sites for hydroxylation is 2. The van der Waals surface area contributed by atoms with Crippen LogP contribution in [-0.4, -0.2) is 93.8 Å². The van der Waals surface area contributed by atoms with E-state index in [4.69, 9.17) is 32.7 Å². The predicted octanol–water partition coefficient (Wildman–Crippen LogP) is 12.3. The van der Waals surface area contributed by atoms with Crippen LogP contribution in [0, 0.1) is 0 Å². The number of phenolic OH excluding ortho intramolecular Hbond substituents is 1. The molecule has 0 unspecified atom stereocenters. The number of fused-ring (bicyclic) bond motifs is 2. The van der Waals surface area contributed by atoms with E-state index in [2.05, 4.69) is 30.8 Å². The summed E-state index contributed by atoms with van der Waals surface area (Å²) in [6.45, 7) is 8.00. The van der Waals surface area contributed by atoms with Crippen molar-refractivity contribution >= 4 is 149 Å². The predicted molar refractivity (Wildman–Crippen MR) is 294 cm³/mol. The third-order valence-corrected chi connectivity index (χ3v) is 14.0. The van der Waals surface area contributed by atoms with Crippen LogP contribution >= 0.6 is 23.2 Å². The Morgan fingerprint density at radius 3 is 1.57 bits per heavy atom. The molecule has 0 saturated carbocycles. The molecule has 8 rings (SSSR count). The molecule has 23 heteroatoms. The maximum absolute atomic E-state index is 13.5. The second-order valence-electron chi connectivity index (χ2n) is 16.2. The number of carbonyl (C=O) groups is 1. The molecule has 18 nitrogen and oxygen atoms in total. The molecule has 0 atom stereocenters. The number of nitrogens with zero attached hydrogens (tertiary/aromatic N) is 5. The van der Waals surface area contributed by atoms with Gasteiger partial charge in [-0.1, -0.05) is 128 Å². The topological polar surface area (TPSA) is 284 Å². The van der Waals surface area contributed by atoms with Crippen LogP contribution in [0.25, 0.3) is 21.5 Å². The summed E-state index contributed by atoms with van der Waals surface area (Å²) < 4.78 is 78.3. The first-order chi connectivity index (χ1) is 36.3. The van der Waals surface area contributed by atoms with E-state index in [0.29, 0.717) is 75.9 Å². The minimum atomic E-state index is -4.70. The van der Waals surface area contributed by atoms with Gasteiger partial charge in [-0.25, -0.2) is 0 Å². The van der Waals surface area contributed by atoms with Crippen LogP contribution in [0.2, 0.25) is 10.0 Å². The summed E-state index contributed by atoms with van der Waals surface area (Å²) in [5.41, 5.74) is 0.594. The Kier molecular flexibility index (Phi) is 20.2. The van der Waals surface area contributed by atoms with E-state index in [1.165, 1.54) is 36.4 Å². The number of amides is 1. The number of ether oxygens (including phenoxy) is 2. The van der Waals surface area contributed by atoms with Gasteiger partial charge in [0.1, 0.15) is 44.0 Å². The van der Waals surface area contributed by atoms with Crippen LogP contribution in [0.3, 0.4) is 0 Å². The monoisotopic (exact) mass is 1140 g/mol. The number of anilines is 1. The molecule has 392 valence electrons. The molecule has 0 saturated heterocycles. The average Bonchev–Trinajstić information content (AvgIpc) is 3.40. The fourth-order valence-electron chi connectivity index (χ4n) is 7.72. The second-order valence-corrected chi connectivity index (χ2v) is 19.7. The van der Waals surface area contributed by atoms with Gasteiger partial charge in [0, 0.05) is 10.8 Å². The standard InChI is InChI=1S/2C27H24ClN3O6S.Ca/c2*1-3-16-13-14-22(38(34,35)36)25(23(16)28)31-30-24-18-10-6-5-9-17(18)15-19(26(24)32)27(33)29-20-11-7-8-12-21(20)37-4-2;/h2*5-15,32H,3-4H2,1-2H3,(H,29,33)(H,34,35,36);/q;;+2/p-2. The smallest absolute Gasteiger partial charge is 0.871 e. The number of phenols is 1. The summed E-state index contributed by atoms with van der Waals surface area (Å²) in [6.07, 6.45) is 0.928. The van der Waals surface area contributed by atoms with Crippen LogP contribution in [0.4, 0.5) is 34.1 Å². The molecule has 8 aromatic carbocycles. The summed E-state index contributed by atoms with van der Waals surface area (Å²) in [4.78, 5) is 16.2. The Balaban J connectivity index is 0.000000246. The van der Waals surface area contributed by atoms with Crippen LogP contribution < -0.4 is 25.0 Å². The SMILES string of the molecule is CCOc1ccccc1N=C([O-])c1cc2ccccc2c(N=Nc2c(S(=O)(=O)O)ccc(CC)c2Cl)c1[O-].CCOc1ccccc1NC(=O)c1cc2ccccc2c(N=Nc2c(S(=O)(=O)O)ccc(CC)c2Cl)c1O.[Ca+2]. The zero-order chi connectivity index (χ0) is 54.9. The molecule has 0 fully saturated rings. The zero-order valence-corrected chi connectivity index (χ0v) is 46.9. The van der Waals surface area contributed by atoms with Crippen molar-refractivity contribution in [3.8, 4) is 23.0 Å². The molecule has 0 aliphatic carbocycles. The first-order valence-corrected chi connectivity index (χ1v) is 26.8. The number of halogens is 2. The number of carbonyl (C=O) groups excluding carboxylic acids is 1. The van der Waals surface area contributed by atoms with Gasteiger partial charge in [0.05, 0.1) is 40.2 Å². The fourth-order valence-corrected chi connectivity index (χ4v) is 9.76. The molecule has 0 aliphatic heterocycles. The number of nitrogens with one attached hydrogen (secondary N) is 1. The Morgan fingerprint density at radius 2 is 1.04 bits per heavy atom. The summed E-state index contributed by atoms with van der Waals surface area (Å²) in [7, 11) is -9.38. The van der Waals surface area contributed by atoms with Gasteiger partial charge in [0.25, 0.3) is 26.1 Å². The molecular formula is C54H46CaCl2N6O12S2. The van der Waals surface area contributed by atoms with Crippen LogP contribution in [0.1, 0.15) is 54.7 Å². The molecule has 0 radical (unpaired) electrons. The normalized spacial score (nSPS) is 11.9. The quantitative estimate of drug-likeness (QED) is 0.0231. The number of aliphatic imine (C=N–C) groups is 1. The first-order valence-electron chi connectivity index (χ1n) is 23.2. The summed E-state index contributed by atoms with van der Waals surface area (Å²) >= 11 is 12.8. The Bertz CT molecular complexity index is 3860. The van der Waals surface area contributed by atoms with E-state index in [0.717, 1.165) is 0 Å². The number of para-hydroxylation sites is 4. The van der Waals surface area contributed by atoms with Gasteiger partial charge >= 0.3 is 37.7 Å². The van der Waals surface area contributed by atoms with Gasteiger partial charge in [-0.15, -0.1) is 15.3 Å². The molecule has 8 aromatic rings. The minimum Gasteiger partial charge on any atom is -0.871 e. The molecule has 0 bridgehead atoms. The van der Waals surface area contributed by atoms with Crippen molar-refractivity contribution < 1.29 is 55.5 Å². The van der Waals surface area contributed by atoms with E-state index >= 15 is 0 Å². The van der Waals surface area contributed by atoms with E-state index in [-0.39, 0.29) is 87.3 Å². The number of azo groups is 2. The van der Waals surface area contributed by atoms with Crippen molar-refractivity contribution in [1.29, 1.82) is 0 Å². The van der Waals surface area contributed by atoms with Crippen molar-refractivity contribution in [3.05, 3.63) is 166 Å². The second kappa shape index (κ2) is 26.1. The Labute approximate surface area is 483 Å². The van der Waals surface area contributed by atoms with Crippen molar-refractivity contribution in [3.63, 3.8) is 0 Å². The first kappa shape index (κ1) is 59.5. The van der Waals surface area contributed by atoms with Crippen molar-refractivity contribution in [2.45, 2.75) is 50.3 Å². The van der Waals surface area contributed by atoms with Gasteiger partial charge in [-0.05, 0) is 109 Å². The molecule has 0 aromatic heterocycles. The molecular weight excluding hydrogens is 1100 g/mol. The van der Waals surface area contributed by atoms with Gasteiger partial charge in [-0.3, -0.25) is 18.9 Å². The van der Waals surface area contributed by atoms with Crippen LogP contribution in [-0.2, 0) is 33.1 Å². The van der Waals surface area contributed by atoms with Gasteiger partial charge < -0.3 is 30.1 Å². The molecule has 0 aliphatic rings. The van der Waals surface area contributed by atoms with Gasteiger partial charge in [0.2, 0.25) is 0 Å². The number of aromatic hydroxyl groups is 1. The fraction of sp³-hybridized carbons (Fsp3) is 0.148. The number of hydrogen-bond donors (Lipinski definition) is 4. The third kappa shape index (κ3) is 13.7. The maximum atomic E-state index is 13.5. The maximum Gasteiger partial charge on any atom is 2.00 e. The number of benzene rings is 8. The third-order valence-electron chi connectivity index (χ3n) is 11.4. The Morgan fingerprint density at radius 1 is 0.597 bits per heavy atom.